The van der Waals surface area contributed by atoms with Crippen LogP contribution < -0.4 is 0 Å². The fraction of sp³-hybridized carbons (Fsp3) is 1.00. The van der Waals surface area contributed by atoms with Crippen LogP contribution in [0.15, 0.2) is 0 Å². The minimum atomic E-state index is -0.536. The lowest BCUT2D eigenvalue weighted by molar-refractivity contribution is -0.0481. The fourth-order valence-corrected chi connectivity index (χ4v) is 3.85. The van der Waals surface area contributed by atoms with E-state index in [-0.39, 0.29) is 36.6 Å². The molecule has 2 N–H and O–H groups in total. The Morgan fingerprint density at radius 1 is 0.625 bits per heavy atom. The number of rotatable bonds is 7. The first-order valence-electron chi connectivity index (χ1n) is 8.80. The third-order valence-electron chi connectivity index (χ3n) is 5.17. The Morgan fingerprint density at radius 3 is 1.50 bits per heavy atom. The van der Waals surface area contributed by atoms with E-state index in [0.29, 0.717) is 39.6 Å². The van der Waals surface area contributed by atoms with Crippen molar-refractivity contribution in [1.82, 2.24) is 0 Å². The Balaban J connectivity index is 1.08. The molecular formula is C16H26O8. The third-order valence-corrected chi connectivity index (χ3v) is 5.17. The third kappa shape index (κ3) is 3.34. The standard InChI is InChI=1S/C16H26O8/c17-9-5-21-15-11(7-23-13(9)15)19-3-1-2-4-20-12-8-24-14-10(18)6-22-16(12)14/h9-18H,1-8H2/t9-,10-,11+,12+,13?,14?,15?,16?/m1/s1. The van der Waals surface area contributed by atoms with E-state index in [0.717, 1.165) is 12.8 Å². The molecule has 24 heavy (non-hydrogen) atoms. The van der Waals surface area contributed by atoms with E-state index in [1.54, 1.807) is 0 Å². The average Bonchev–Trinajstić information content (AvgIpc) is 3.31. The summed E-state index contributed by atoms with van der Waals surface area (Å²) in [6, 6.07) is 0. The number of aliphatic hydroxyl groups excluding tert-OH is 2. The highest BCUT2D eigenvalue weighted by atomic mass is 16.6. The highest BCUT2D eigenvalue weighted by Crippen LogP contribution is 2.30. The van der Waals surface area contributed by atoms with Crippen molar-refractivity contribution >= 4 is 0 Å². The van der Waals surface area contributed by atoms with Gasteiger partial charge in [0.1, 0.15) is 48.8 Å². The lowest BCUT2D eigenvalue weighted by Crippen LogP contribution is -2.33. The largest absolute Gasteiger partial charge is 0.388 e. The van der Waals surface area contributed by atoms with Gasteiger partial charge < -0.3 is 38.6 Å². The molecule has 4 unspecified atom stereocenters. The molecule has 4 heterocycles. The number of hydrogen-bond donors (Lipinski definition) is 2. The van der Waals surface area contributed by atoms with Gasteiger partial charge in [0.05, 0.1) is 26.4 Å². The highest BCUT2D eigenvalue weighted by molar-refractivity contribution is 4.95. The molecule has 0 radical (unpaired) electrons. The van der Waals surface area contributed by atoms with Gasteiger partial charge in [-0.3, -0.25) is 0 Å². The van der Waals surface area contributed by atoms with Gasteiger partial charge in [0.2, 0.25) is 0 Å². The van der Waals surface area contributed by atoms with Crippen LogP contribution in [0.4, 0.5) is 0 Å². The van der Waals surface area contributed by atoms with Crippen molar-refractivity contribution in [2.24, 2.45) is 0 Å². The summed E-state index contributed by atoms with van der Waals surface area (Å²) in [5, 5.41) is 19.4. The molecular weight excluding hydrogens is 320 g/mol. The highest BCUT2D eigenvalue weighted by Gasteiger charge is 2.48. The molecule has 4 aliphatic rings. The second-order valence-corrected chi connectivity index (χ2v) is 6.85. The number of ether oxygens (including phenoxy) is 6. The van der Waals surface area contributed by atoms with Crippen molar-refractivity contribution in [3.8, 4) is 0 Å². The van der Waals surface area contributed by atoms with Crippen LogP contribution in [0.5, 0.6) is 0 Å². The van der Waals surface area contributed by atoms with Gasteiger partial charge in [0.15, 0.2) is 0 Å². The Bertz CT molecular complexity index is 383. The molecule has 4 rings (SSSR count). The first-order valence-corrected chi connectivity index (χ1v) is 8.80. The zero-order valence-corrected chi connectivity index (χ0v) is 13.6. The Kier molecular flexibility index (Phi) is 5.35. The zero-order valence-electron chi connectivity index (χ0n) is 13.6. The molecule has 0 aromatic heterocycles. The summed E-state index contributed by atoms with van der Waals surface area (Å²) in [6.07, 6.45) is -0.272. The van der Waals surface area contributed by atoms with Gasteiger partial charge in [-0.25, -0.2) is 0 Å². The van der Waals surface area contributed by atoms with Crippen molar-refractivity contribution in [3.63, 3.8) is 0 Å². The maximum absolute atomic E-state index is 9.69. The molecule has 138 valence electrons. The van der Waals surface area contributed by atoms with Gasteiger partial charge in [-0.2, -0.15) is 0 Å². The van der Waals surface area contributed by atoms with Crippen LogP contribution in [-0.2, 0) is 28.4 Å². The van der Waals surface area contributed by atoms with Crippen molar-refractivity contribution in [2.45, 2.75) is 61.7 Å². The number of fused-ring (bicyclic) bond motifs is 2. The molecule has 8 heteroatoms. The minimum Gasteiger partial charge on any atom is -0.388 e. The number of unbranched alkanes of at least 4 members (excludes halogenated alkanes) is 1. The zero-order chi connectivity index (χ0) is 16.5. The monoisotopic (exact) mass is 346 g/mol. The van der Waals surface area contributed by atoms with Crippen molar-refractivity contribution in [3.05, 3.63) is 0 Å². The summed E-state index contributed by atoms with van der Waals surface area (Å²) in [5.74, 6) is 0. The summed E-state index contributed by atoms with van der Waals surface area (Å²) in [7, 11) is 0. The summed E-state index contributed by atoms with van der Waals surface area (Å²) in [6.45, 7) is 2.83. The SMILES string of the molecule is O[C@@H]1COC2C1OC[C@@H]2OCCCCO[C@H]1COC2C1OC[C@H]2O. The van der Waals surface area contributed by atoms with Crippen LogP contribution in [0.1, 0.15) is 12.8 Å². The first kappa shape index (κ1) is 17.1. The van der Waals surface area contributed by atoms with Gasteiger partial charge in [0, 0.05) is 13.2 Å². The molecule has 0 spiro atoms. The van der Waals surface area contributed by atoms with Crippen LogP contribution >= 0.6 is 0 Å². The van der Waals surface area contributed by atoms with E-state index < -0.39 is 12.2 Å². The maximum atomic E-state index is 9.69. The molecule has 0 saturated carbocycles. The van der Waals surface area contributed by atoms with Crippen LogP contribution in [0.2, 0.25) is 0 Å². The van der Waals surface area contributed by atoms with Gasteiger partial charge in [-0.05, 0) is 12.8 Å². The summed E-state index contributed by atoms with van der Waals surface area (Å²) in [4.78, 5) is 0. The van der Waals surface area contributed by atoms with Crippen LogP contribution in [0, 0.1) is 0 Å². The fourth-order valence-electron chi connectivity index (χ4n) is 3.85. The quantitative estimate of drug-likeness (QED) is 0.558. The van der Waals surface area contributed by atoms with Gasteiger partial charge in [0.25, 0.3) is 0 Å². The number of hydrogen-bond acceptors (Lipinski definition) is 8. The molecule has 4 fully saturated rings. The molecule has 8 nitrogen and oxygen atoms in total. The van der Waals surface area contributed by atoms with Gasteiger partial charge >= 0.3 is 0 Å². The topological polar surface area (TPSA) is 95.8 Å². The lowest BCUT2D eigenvalue weighted by atomic mass is 10.1. The normalized spacial score (nSPS) is 47.2. The Hall–Kier alpha value is -0.320. The molecule has 0 aliphatic carbocycles. The van der Waals surface area contributed by atoms with E-state index >= 15 is 0 Å². The predicted octanol–water partition coefficient (Wildman–Crippen LogP) is -1.15. The Labute approximate surface area is 140 Å². The molecule has 0 amide bonds. The van der Waals surface area contributed by atoms with Crippen LogP contribution in [0.25, 0.3) is 0 Å². The van der Waals surface area contributed by atoms with Crippen molar-refractivity contribution < 1.29 is 38.6 Å². The Morgan fingerprint density at radius 2 is 1.04 bits per heavy atom. The van der Waals surface area contributed by atoms with E-state index in [2.05, 4.69) is 0 Å². The van der Waals surface area contributed by atoms with Crippen LogP contribution in [-0.4, -0.2) is 98.7 Å². The second kappa shape index (κ2) is 7.51. The average molecular weight is 346 g/mol. The predicted molar refractivity (Wildman–Crippen MR) is 79.7 cm³/mol. The second-order valence-electron chi connectivity index (χ2n) is 6.85. The van der Waals surface area contributed by atoms with Gasteiger partial charge in [-0.15, -0.1) is 0 Å². The maximum Gasteiger partial charge on any atom is 0.115 e. The van der Waals surface area contributed by atoms with E-state index in [4.69, 9.17) is 28.4 Å². The minimum absolute atomic E-state index is 0.0922. The van der Waals surface area contributed by atoms with E-state index in [1.807, 2.05) is 0 Å². The lowest BCUT2D eigenvalue weighted by Gasteiger charge is -2.18. The molecule has 0 bridgehead atoms. The molecule has 0 aromatic carbocycles. The first-order chi connectivity index (χ1) is 11.7. The summed E-state index contributed by atoms with van der Waals surface area (Å²) < 4.78 is 33.7. The molecule has 4 saturated heterocycles. The smallest absolute Gasteiger partial charge is 0.115 e. The summed E-state index contributed by atoms with van der Waals surface area (Å²) in [5.41, 5.74) is 0. The van der Waals surface area contributed by atoms with Crippen molar-refractivity contribution in [1.29, 1.82) is 0 Å². The van der Waals surface area contributed by atoms with Crippen LogP contribution in [0.3, 0.4) is 0 Å². The van der Waals surface area contributed by atoms with Crippen molar-refractivity contribution in [2.75, 3.05) is 39.6 Å². The van der Waals surface area contributed by atoms with E-state index in [1.165, 1.54) is 0 Å². The summed E-state index contributed by atoms with van der Waals surface area (Å²) >= 11 is 0. The molecule has 8 atom stereocenters. The van der Waals surface area contributed by atoms with Gasteiger partial charge in [-0.1, -0.05) is 0 Å². The molecule has 4 aliphatic heterocycles. The number of aliphatic hydroxyl groups is 2. The molecule has 0 aromatic rings. The van der Waals surface area contributed by atoms with E-state index in [9.17, 15) is 10.2 Å².